The van der Waals surface area contributed by atoms with Crippen LogP contribution in [0, 0.1) is 4.77 Å². The summed E-state index contributed by atoms with van der Waals surface area (Å²) >= 11 is 5.26. The van der Waals surface area contributed by atoms with E-state index in [1.54, 1.807) is 29.1 Å². The molecule has 0 radical (unpaired) electrons. The first-order valence-corrected chi connectivity index (χ1v) is 6.84. The van der Waals surface area contributed by atoms with Crippen molar-refractivity contribution in [1.29, 1.82) is 0 Å². The van der Waals surface area contributed by atoms with Gasteiger partial charge in [-0.2, -0.15) is 5.10 Å². The van der Waals surface area contributed by atoms with E-state index in [2.05, 4.69) is 10.1 Å². The van der Waals surface area contributed by atoms with Crippen LogP contribution < -0.4 is 0 Å². The second kappa shape index (κ2) is 5.76. The van der Waals surface area contributed by atoms with Crippen molar-refractivity contribution in [2.24, 2.45) is 5.10 Å². The number of aromatic hydroxyl groups is 1. The number of H-pyrrole nitrogens is 1. The van der Waals surface area contributed by atoms with E-state index in [1.165, 1.54) is 0 Å². The third kappa shape index (κ3) is 3.09. The molecule has 0 amide bonds. The zero-order valence-corrected chi connectivity index (χ0v) is 11.9. The lowest BCUT2D eigenvalue weighted by atomic mass is 10.2. The van der Waals surface area contributed by atoms with Gasteiger partial charge in [0, 0.05) is 0 Å². The highest BCUT2D eigenvalue weighted by Crippen LogP contribution is 2.17. The van der Waals surface area contributed by atoms with Crippen LogP contribution >= 0.6 is 12.2 Å². The third-order valence-corrected chi connectivity index (χ3v) is 3.28. The number of aromatic amines is 1. The lowest BCUT2D eigenvalue weighted by Crippen LogP contribution is -1.88. The first-order chi connectivity index (χ1) is 10.2. The molecule has 0 saturated carbocycles. The van der Waals surface area contributed by atoms with Gasteiger partial charge in [0.15, 0.2) is 4.77 Å². The maximum Gasteiger partial charge on any atom is 0.198 e. The zero-order chi connectivity index (χ0) is 14.7. The lowest BCUT2D eigenvalue weighted by molar-refractivity contribution is 0.475. The molecule has 2 N–H and O–H groups in total. The van der Waals surface area contributed by atoms with E-state index >= 15 is 0 Å². The largest absolute Gasteiger partial charge is 0.508 e. The highest BCUT2D eigenvalue weighted by Gasteiger charge is 2.01. The van der Waals surface area contributed by atoms with Crippen LogP contribution in [-0.2, 0) is 0 Å². The predicted octanol–water partition coefficient (Wildman–Crippen LogP) is 3.80. The molecule has 1 heterocycles. The van der Waals surface area contributed by atoms with Gasteiger partial charge in [-0.15, -0.1) is 0 Å². The summed E-state index contributed by atoms with van der Waals surface area (Å²) in [5.74, 6) is 0.210. The lowest BCUT2D eigenvalue weighted by Gasteiger charge is -1.95. The van der Waals surface area contributed by atoms with Crippen LogP contribution in [0.15, 0.2) is 65.9 Å². The topological polar surface area (TPSA) is 53.3 Å². The van der Waals surface area contributed by atoms with Gasteiger partial charge in [-0.25, -0.2) is 4.68 Å². The van der Waals surface area contributed by atoms with Gasteiger partial charge in [0.05, 0.1) is 18.1 Å². The molecule has 2 aromatic carbocycles. The van der Waals surface area contributed by atoms with Gasteiger partial charge < -0.3 is 10.1 Å². The third-order valence-electron chi connectivity index (χ3n) is 2.99. The number of hydrogen-bond acceptors (Lipinski definition) is 3. The number of aromatic nitrogens is 2. The molecule has 5 heteroatoms. The Bertz CT molecular complexity index is 834. The molecule has 0 saturated heterocycles. The number of nitrogens with zero attached hydrogens (tertiary/aromatic N) is 2. The van der Waals surface area contributed by atoms with Crippen molar-refractivity contribution in [3.05, 3.63) is 71.1 Å². The average molecular weight is 295 g/mol. The Kier molecular flexibility index (Phi) is 3.66. The van der Waals surface area contributed by atoms with Gasteiger partial charge >= 0.3 is 0 Å². The fourth-order valence-electron chi connectivity index (χ4n) is 1.97. The summed E-state index contributed by atoms with van der Waals surface area (Å²) in [5.41, 5.74) is 2.77. The zero-order valence-electron chi connectivity index (χ0n) is 11.1. The molecule has 21 heavy (non-hydrogen) atoms. The Morgan fingerprint density at radius 1 is 1.10 bits per heavy atom. The van der Waals surface area contributed by atoms with Crippen molar-refractivity contribution in [1.82, 2.24) is 9.66 Å². The van der Waals surface area contributed by atoms with Crippen molar-refractivity contribution in [2.75, 3.05) is 0 Å². The van der Waals surface area contributed by atoms with Gasteiger partial charge in [-0.1, -0.05) is 42.5 Å². The summed E-state index contributed by atoms with van der Waals surface area (Å²) in [4.78, 5) is 3.12. The number of nitrogens with one attached hydrogen (secondary N) is 1. The van der Waals surface area contributed by atoms with Crippen molar-refractivity contribution in [2.45, 2.75) is 0 Å². The van der Waals surface area contributed by atoms with Crippen LogP contribution in [0.1, 0.15) is 5.56 Å². The summed E-state index contributed by atoms with van der Waals surface area (Å²) < 4.78 is 2.12. The summed E-state index contributed by atoms with van der Waals surface area (Å²) in [6.07, 6.45) is 3.50. The van der Waals surface area contributed by atoms with E-state index in [9.17, 15) is 5.11 Å². The number of benzene rings is 2. The number of rotatable bonds is 3. The first-order valence-electron chi connectivity index (χ1n) is 6.43. The Morgan fingerprint density at radius 2 is 1.90 bits per heavy atom. The Morgan fingerprint density at radius 3 is 2.67 bits per heavy atom. The molecule has 104 valence electrons. The second-order valence-electron chi connectivity index (χ2n) is 4.52. The summed E-state index contributed by atoms with van der Waals surface area (Å²) in [5, 5.41) is 13.7. The van der Waals surface area contributed by atoms with Crippen LogP contribution in [-0.4, -0.2) is 21.0 Å². The van der Waals surface area contributed by atoms with Crippen molar-refractivity contribution < 1.29 is 5.11 Å². The summed E-state index contributed by atoms with van der Waals surface area (Å²) in [6, 6.07) is 16.8. The maximum atomic E-state index is 9.42. The molecule has 0 aliphatic rings. The predicted molar refractivity (Wildman–Crippen MR) is 86.2 cm³/mol. The molecular weight excluding hydrogens is 282 g/mol. The van der Waals surface area contributed by atoms with Crippen LogP contribution in [0.3, 0.4) is 0 Å². The minimum absolute atomic E-state index is 0.210. The molecular formula is C16H13N3OS. The van der Waals surface area contributed by atoms with E-state index in [4.69, 9.17) is 12.2 Å². The van der Waals surface area contributed by atoms with E-state index < -0.39 is 0 Å². The standard InChI is InChI=1S/C16H13N3OS/c20-14-8-4-5-12(9-14)10-17-19-11-15(18-16(19)21)13-6-2-1-3-7-13/h1-11,20H,(H,18,21)/b17-10-. The normalized spacial score (nSPS) is 11.0. The molecule has 3 aromatic rings. The molecule has 0 atom stereocenters. The number of phenolic OH excluding ortho intramolecular Hbond substituents is 1. The fourth-order valence-corrected chi connectivity index (χ4v) is 2.18. The highest BCUT2D eigenvalue weighted by atomic mass is 32.1. The molecule has 0 bridgehead atoms. The molecule has 0 unspecified atom stereocenters. The van der Waals surface area contributed by atoms with Crippen LogP contribution in [0.2, 0.25) is 0 Å². The van der Waals surface area contributed by atoms with E-state index in [1.807, 2.05) is 42.6 Å². The smallest absolute Gasteiger partial charge is 0.198 e. The molecule has 3 rings (SSSR count). The van der Waals surface area contributed by atoms with Crippen molar-refractivity contribution in [3.8, 4) is 17.0 Å². The fraction of sp³-hybridized carbons (Fsp3) is 0. The van der Waals surface area contributed by atoms with Gasteiger partial charge in [0.2, 0.25) is 0 Å². The van der Waals surface area contributed by atoms with Crippen LogP contribution in [0.5, 0.6) is 5.75 Å². The number of phenols is 1. The molecule has 4 nitrogen and oxygen atoms in total. The molecule has 0 fully saturated rings. The highest BCUT2D eigenvalue weighted by molar-refractivity contribution is 7.71. The molecule has 0 spiro atoms. The molecule has 0 aliphatic carbocycles. The van der Waals surface area contributed by atoms with Gasteiger partial charge in [0.1, 0.15) is 5.75 Å². The Labute approximate surface area is 127 Å². The van der Waals surface area contributed by atoms with Gasteiger partial charge in [0.25, 0.3) is 0 Å². The minimum atomic E-state index is 0.210. The quantitative estimate of drug-likeness (QED) is 0.570. The average Bonchev–Trinajstić information content (AvgIpc) is 2.87. The monoisotopic (exact) mass is 295 g/mol. The Hall–Kier alpha value is -2.66. The number of imidazole rings is 1. The Balaban J connectivity index is 1.90. The minimum Gasteiger partial charge on any atom is -0.508 e. The first kappa shape index (κ1) is 13.3. The van der Waals surface area contributed by atoms with E-state index in [-0.39, 0.29) is 5.75 Å². The van der Waals surface area contributed by atoms with Gasteiger partial charge in [-0.3, -0.25) is 0 Å². The molecule has 0 aliphatic heterocycles. The van der Waals surface area contributed by atoms with Crippen LogP contribution in [0.4, 0.5) is 0 Å². The van der Waals surface area contributed by atoms with Gasteiger partial charge in [-0.05, 0) is 35.5 Å². The van der Waals surface area contributed by atoms with E-state index in [0.717, 1.165) is 16.8 Å². The number of hydrogen-bond donors (Lipinski definition) is 2. The van der Waals surface area contributed by atoms with E-state index in [0.29, 0.717) is 4.77 Å². The SMILES string of the molecule is Oc1cccc(/C=N\n2cc(-c3ccccc3)[nH]c2=S)c1. The summed E-state index contributed by atoms with van der Waals surface area (Å²) in [6.45, 7) is 0. The van der Waals surface area contributed by atoms with Crippen LogP contribution in [0.25, 0.3) is 11.3 Å². The van der Waals surface area contributed by atoms with Crippen molar-refractivity contribution in [3.63, 3.8) is 0 Å². The maximum absolute atomic E-state index is 9.42. The van der Waals surface area contributed by atoms with Crippen molar-refractivity contribution >= 4 is 18.4 Å². The molecule has 1 aromatic heterocycles. The summed E-state index contributed by atoms with van der Waals surface area (Å²) in [7, 11) is 0. The second-order valence-corrected chi connectivity index (χ2v) is 4.91.